The lowest BCUT2D eigenvalue weighted by molar-refractivity contribution is -0.129. The SMILES string of the molecule is C=C(CCCOc1cnc(C#N)cn1)C(=O)N1N=CCC1c1cn2ccccc2n1. The molecule has 4 heterocycles. The van der Waals surface area contributed by atoms with E-state index < -0.39 is 0 Å². The van der Waals surface area contributed by atoms with Gasteiger partial charge in [-0.3, -0.25) is 4.79 Å². The van der Waals surface area contributed by atoms with Crippen molar-refractivity contribution in [3.8, 4) is 11.9 Å². The number of amides is 1. The van der Waals surface area contributed by atoms with Crippen LogP contribution in [0.15, 0.2) is 60.2 Å². The number of carbonyl (C=O) groups is 1. The van der Waals surface area contributed by atoms with E-state index in [1.807, 2.05) is 41.1 Å². The second kappa shape index (κ2) is 8.53. The van der Waals surface area contributed by atoms with Crippen LogP contribution in [0, 0.1) is 11.3 Å². The molecule has 9 nitrogen and oxygen atoms in total. The number of aromatic nitrogens is 4. The molecule has 0 bridgehead atoms. The predicted octanol–water partition coefficient (Wildman–Crippen LogP) is 2.67. The average Bonchev–Trinajstić information content (AvgIpc) is 3.43. The molecule has 1 aliphatic heterocycles. The molecule has 3 aromatic rings. The van der Waals surface area contributed by atoms with Crippen molar-refractivity contribution in [2.45, 2.75) is 25.3 Å². The highest BCUT2D eigenvalue weighted by molar-refractivity contribution is 5.94. The van der Waals surface area contributed by atoms with Gasteiger partial charge in [-0.25, -0.2) is 20.0 Å². The van der Waals surface area contributed by atoms with Crippen LogP contribution in [0.4, 0.5) is 0 Å². The van der Waals surface area contributed by atoms with E-state index in [1.165, 1.54) is 17.4 Å². The molecule has 0 saturated heterocycles. The summed E-state index contributed by atoms with van der Waals surface area (Å²) in [6.07, 6.45) is 9.99. The second-order valence-electron chi connectivity index (χ2n) is 6.74. The van der Waals surface area contributed by atoms with Crippen LogP contribution in [0.3, 0.4) is 0 Å². The highest BCUT2D eigenvalue weighted by Gasteiger charge is 2.31. The quantitative estimate of drug-likeness (QED) is 0.445. The molecular formula is C21H19N7O2. The van der Waals surface area contributed by atoms with Crippen molar-refractivity contribution in [3.05, 3.63) is 66.5 Å². The molecule has 0 radical (unpaired) electrons. The Morgan fingerprint density at radius 3 is 3.00 bits per heavy atom. The lowest BCUT2D eigenvalue weighted by atomic mass is 10.1. The smallest absolute Gasteiger partial charge is 0.269 e. The van der Waals surface area contributed by atoms with Crippen molar-refractivity contribution in [2.75, 3.05) is 6.61 Å². The van der Waals surface area contributed by atoms with Crippen molar-refractivity contribution < 1.29 is 9.53 Å². The molecule has 3 aromatic heterocycles. The summed E-state index contributed by atoms with van der Waals surface area (Å²) < 4.78 is 7.42. The summed E-state index contributed by atoms with van der Waals surface area (Å²) in [5.74, 6) is 0.117. The van der Waals surface area contributed by atoms with E-state index in [1.54, 1.807) is 6.21 Å². The molecule has 1 atom stereocenters. The number of hydrogen-bond donors (Lipinski definition) is 0. The third-order valence-electron chi connectivity index (χ3n) is 4.68. The first-order valence-corrected chi connectivity index (χ1v) is 9.48. The summed E-state index contributed by atoms with van der Waals surface area (Å²) >= 11 is 0. The summed E-state index contributed by atoms with van der Waals surface area (Å²) in [5, 5.41) is 14.4. The maximum atomic E-state index is 12.9. The number of ether oxygens (including phenoxy) is 1. The molecule has 1 unspecified atom stereocenters. The molecule has 1 aliphatic rings. The summed E-state index contributed by atoms with van der Waals surface area (Å²) in [7, 11) is 0. The van der Waals surface area contributed by atoms with E-state index in [-0.39, 0.29) is 17.6 Å². The first-order valence-electron chi connectivity index (χ1n) is 9.48. The Balaban J connectivity index is 1.31. The molecule has 0 spiro atoms. The molecule has 1 amide bonds. The number of hydrogen-bond acceptors (Lipinski definition) is 7. The Morgan fingerprint density at radius 2 is 2.23 bits per heavy atom. The molecule has 0 aliphatic carbocycles. The zero-order valence-electron chi connectivity index (χ0n) is 16.2. The fourth-order valence-corrected chi connectivity index (χ4v) is 3.15. The normalized spacial score (nSPS) is 15.3. The van der Waals surface area contributed by atoms with Gasteiger partial charge in [-0.1, -0.05) is 12.6 Å². The van der Waals surface area contributed by atoms with Crippen molar-refractivity contribution in [2.24, 2.45) is 5.10 Å². The highest BCUT2D eigenvalue weighted by Crippen LogP contribution is 2.29. The van der Waals surface area contributed by atoms with Gasteiger partial charge in [-0.05, 0) is 25.0 Å². The standard InChI is InChI=1S/C21H19N7O2/c1-15(5-4-10-30-20-13-23-16(11-22)12-24-20)21(29)28-18(7-8-25-28)17-14-27-9-3-2-6-19(27)26-17/h2-3,6,8-9,12-14,18H,1,4-5,7,10H2. The fraction of sp³-hybridized carbons (Fsp3) is 0.238. The third-order valence-corrected chi connectivity index (χ3v) is 4.68. The molecule has 0 fully saturated rings. The van der Waals surface area contributed by atoms with Crippen LogP contribution < -0.4 is 4.74 Å². The third kappa shape index (κ3) is 4.03. The summed E-state index contributed by atoms with van der Waals surface area (Å²) in [6.45, 7) is 4.28. The lowest BCUT2D eigenvalue weighted by Gasteiger charge is -2.21. The Kier molecular flexibility index (Phi) is 5.48. The maximum absolute atomic E-state index is 12.9. The van der Waals surface area contributed by atoms with Crippen molar-refractivity contribution in [1.82, 2.24) is 24.4 Å². The number of nitrogens with zero attached hydrogens (tertiary/aromatic N) is 7. The number of pyridine rings is 1. The highest BCUT2D eigenvalue weighted by atomic mass is 16.5. The number of fused-ring (bicyclic) bond motifs is 1. The van der Waals surface area contributed by atoms with Crippen LogP contribution in [-0.2, 0) is 4.79 Å². The minimum Gasteiger partial charge on any atom is -0.477 e. The number of hydrazone groups is 1. The van der Waals surface area contributed by atoms with Gasteiger partial charge in [0.05, 0.1) is 24.7 Å². The van der Waals surface area contributed by atoms with Gasteiger partial charge < -0.3 is 9.14 Å². The summed E-state index contributed by atoms with van der Waals surface area (Å²) in [4.78, 5) is 25.4. The van der Waals surface area contributed by atoms with E-state index in [0.29, 0.717) is 37.3 Å². The molecule has 150 valence electrons. The molecule has 4 rings (SSSR count). The zero-order chi connectivity index (χ0) is 20.9. The summed E-state index contributed by atoms with van der Waals surface area (Å²) in [6, 6.07) is 7.44. The van der Waals surface area contributed by atoms with Crippen molar-refractivity contribution in [1.29, 1.82) is 5.26 Å². The van der Waals surface area contributed by atoms with Crippen molar-refractivity contribution >= 4 is 17.8 Å². The average molecular weight is 401 g/mol. The van der Waals surface area contributed by atoms with Gasteiger partial charge in [0.15, 0.2) is 5.69 Å². The Bertz CT molecular complexity index is 1110. The van der Waals surface area contributed by atoms with E-state index in [0.717, 1.165) is 11.3 Å². The molecule has 0 aromatic carbocycles. The van der Waals surface area contributed by atoms with E-state index in [2.05, 4.69) is 26.6 Å². The van der Waals surface area contributed by atoms with E-state index in [9.17, 15) is 4.79 Å². The number of imidazole rings is 1. The fourth-order valence-electron chi connectivity index (χ4n) is 3.15. The van der Waals surface area contributed by atoms with Gasteiger partial charge in [0.2, 0.25) is 5.88 Å². The van der Waals surface area contributed by atoms with Gasteiger partial charge in [0.25, 0.3) is 5.91 Å². The number of rotatable bonds is 7. The predicted molar refractivity (Wildman–Crippen MR) is 109 cm³/mol. The largest absolute Gasteiger partial charge is 0.477 e. The lowest BCUT2D eigenvalue weighted by Crippen LogP contribution is -2.28. The van der Waals surface area contributed by atoms with Crippen LogP contribution in [-0.4, -0.2) is 43.1 Å². The van der Waals surface area contributed by atoms with Crippen LogP contribution in [0.2, 0.25) is 0 Å². The van der Waals surface area contributed by atoms with Crippen molar-refractivity contribution in [3.63, 3.8) is 0 Å². The zero-order valence-corrected chi connectivity index (χ0v) is 16.2. The van der Waals surface area contributed by atoms with Crippen LogP contribution in [0.25, 0.3) is 5.65 Å². The number of nitriles is 1. The van der Waals surface area contributed by atoms with Gasteiger partial charge in [0.1, 0.15) is 17.8 Å². The van der Waals surface area contributed by atoms with Crippen LogP contribution >= 0.6 is 0 Å². The van der Waals surface area contributed by atoms with Crippen LogP contribution in [0.1, 0.15) is 36.7 Å². The van der Waals surface area contributed by atoms with Gasteiger partial charge >= 0.3 is 0 Å². The van der Waals surface area contributed by atoms with Gasteiger partial charge in [0, 0.05) is 30.6 Å². The summed E-state index contributed by atoms with van der Waals surface area (Å²) in [5.41, 5.74) is 2.31. The minimum absolute atomic E-state index is 0.219. The Labute approximate surface area is 173 Å². The monoisotopic (exact) mass is 401 g/mol. The topological polar surface area (TPSA) is 109 Å². The first-order chi connectivity index (χ1) is 14.7. The molecule has 0 N–H and O–H groups in total. The van der Waals surface area contributed by atoms with Gasteiger partial charge in [-0.2, -0.15) is 10.4 Å². The first kappa shape index (κ1) is 19.3. The molecule has 9 heteroatoms. The molecule has 0 saturated carbocycles. The Hall–Kier alpha value is -4.06. The van der Waals surface area contributed by atoms with Gasteiger partial charge in [-0.15, -0.1) is 0 Å². The number of carbonyl (C=O) groups excluding carboxylic acids is 1. The van der Waals surface area contributed by atoms with E-state index >= 15 is 0 Å². The van der Waals surface area contributed by atoms with E-state index in [4.69, 9.17) is 10.00 Å². The maximum Gasteiger partial charge on any atom is 0.269 e. The Morgan fingerprint density at radius 1 is 1.33 bits per heavy atom. The molecule has 30 heavy (non-hydrogen) atoms. The van der Waals surface area contributed by atoms with Crippen LogP contribution in [0.5, 0.6) is 5.88 Å². The molecular weight excluding hydrogens is 382 g/mol. The second-order valence-corrected chi connectivity index (χ2v) is 6.74. The minimum atomic E-state index is -0.237.